The van der Waals surface area contributed by atoms with E-state index in [4.69, 9.17) is 4.42 Å². The van der Waals surface area contributed by atoms with Gasteiger partial charge in [-0.1, -0.05) is 5.21 Å². The van der Waals surface area contributed by atoms with Crippen LogP contribution in [-0.4, -0.2) is 55.9 Å². The number of nitrogens with zero attached hydrogens (tertiary/aromatic N) is 5. The molecule has 7 nitrogen and oxygen atoms in total. The number of hydrogen-bond acceptors (Lipinski definition) is 5. The van der Waals surface area contributed by atoms with E-state index in [0.29, 0.717) is 11.6 Å². The fourth-order valence-corrected chi connectivity index (χ4v) is 4.12. The third-order valence-corrected chi connectivity index (χ3v) is 5.88. The van der Waals surface area contributed by atoms with E-state index >= 15 is 0 Å². The van der Waals surface area contributed by atoms with Gasteiger partial charge in [0, 0.05) is 25.2 Å². The zero-order valence-electron chi connectivity index (χ0n) is 15.6. The van der Waals surface area contributed by atoms with Gasteiger partial charge in [0.25, 0.3) is 5.91 Å². The second-order valence-electron chi connectivity index (χ2n) is 8.06. The van der Waals surface area contributed by atoms with Crippen LogP contribution >= 0.6 is 0 Å². The molecule has 0 atom stereocenters. The van der Waals surface area contributed by atoms with Gasteiger partial charge in [0.15, 0.2) is 0 Å². The number of likely N-dealkylation sites (tertiary alicyclic amines) is 2. The number of carbonyl (C=O) groups is 1. The second kappa shape index (κ2) is 6.87. The lowest BCUT2D eigenvalue weighted by Gasteiger charge is -2.31. The maximum absolute atomic E-state index is 12.4. The number of carbonyl (C=O) groups excluding carboxylic acids is 1. The number of hydrogen-bond donors (Lipinski definition) is 0. The molecule has 2 aromatic rings. The van der Waals surface area contributed by atoms with Gasteiger partial charge in [0.05, 0.1) is 29.8 Å². The van der Waals surface area contributed by atoms with E-state index < -0.39 is 0 Å². The highest BCUT2D eigenvalue weighted by molar-refractivity contribution is 5.93. The predicted octanol–water partition coefficient (Wildman–Crippen LogP) is 2.72. The summed E-state index contributed by atoms with van der Waals surface area (Å²) >= 11 is 0. The Morgan fingerprint density at radius 1 is 1.31 bits per heavy atom. The quantitative estimate of drug-likeness (QED) is 0.842. The molecule has 0 N–H and O–H groups in total. The molecule has 2 fully saturated rings. The van der Waals surface area contributed by atoms with Crippen LogP contribution < -0.4 is 0 Å². The molecule has 0 unspecified atom stereocenters. The van der Waals surface area contributed by atoms with E-state index in [2.05, 4.69) is 35.3 Å². The summed E-state index contributed by atoms with van der Waals surface area (Å²) in [5, 5.41) is 8.76. The largest absolute Gasteiger partial charge is 0.472 e. The molecule has 140 valence electrons. The lowest BCUT2D eigenvalue weighted by molar-refractivity contribution is 0.0688. The summed E-state index contributed by atoms with van der Waals surface area (Å²) in [5.74, 6) is 0.0488. The third-order valence-electron chi connectivity index (χ3n) is 5.88. The lowest BCUT2D eigenvalue weighted by Crippen LogP contribution is -2.39. The summed E-state index contributed by atoms with van der Waals surface area (Å²) in [6, 6.07) is 2.04. The Balaban J connectivity index is 1.34. The second-order valence-corrected chi connectivity index (χ2v) is 8.06. The van der Waals surface area contributed by atoms with Crippen molar-refractivity contribution in [3.8, 4) is 0 Å². The minimum absolute atomic E-state index is 0.0488. The van der Waals surface area contributed by atoms with Crippen molar-refractivity contribution in [2.75, 3.05) is 19.6 Å². The Kier molecular flexibility index (Phi) is 4.56. The molecule has 7 heteroatoms. The van der Waals surface area contributed by atoms with Crippen molar-refractivity contribution >= 4 is 5.91 Å². The van der Waals surface area contributed by atoms with Gasteiger partial charge < -0.3 is 9.32 Å². The van der Waals surface area contributed by atoms with Crippen LogP contribution in [-0.2, 0) is 6.54 Å². The normalized spacial score (nSPS) is 21.4. The molecular formula is C19H27N5O2. The predicted molar refractivity (Wildman–Crippen MR) is 96.6 cm³/mol. The first-order valence-electron chi connectivity index (χ1n) is 9.50. The Morgan fingerprint density at radius 2 is 2.12 bits per heavy atom. The van der Waals surface area contributed by atoms with E-state index in [9.17, 15) is 4.79 Å². The van der Waals surface area contributed by atoms with Crippen molar-refractivity contribution < 1.29 is 9.21 Å². The highest BCUT2D eigenvalue weighted by atomic mass is 16.3. The first-order chi connectivity index (χ1) is 12.5. The number of piperidine rings is 1. The molecule has 0 aliphatic carbocycles. The molecule has 2 aromatic heterocycles. The third kappa shape index (κ3) is 3.40. The van der Waals surface area contributed by atoms with Gasteiger partial charge in [-0.15, -0.1) is 5.10 Å². The van der Waals surface area contributed by atoms with E-state index in [1.165, 1.54) is 19.1 Å². The van der Waals surface area contributed by atoms with Crippen LogP contribution in [0.4, 0.5) is 0 Å². The van der Waals surface area contributed by atoms with Gasteiger partial charge >= 0.3 is 0 Å². The van der Waals surface area contributed by atoms with Crippen LogP contribution in [0.5, 0.6) is 0 Å². The minimum Gasteiger partial charge on any atom is -0.472 e. The molecule has 0 radical (unpaired) electrons. The zero-order valence-corrected chi connectivity index (χ0v) is 15.6. The zero-order chi connectivity index (χ0) is 18.1. The molecule has 0 bridgehead atoms. The molecule has 2 aliphatic heterocycles. The van der Waals surface area contributed by atoms with Crippen molar-refractivity contribution in [1.29, 1.82) is 0 Å². The van der Waals surface area contributed by atoms with Crippen LogP contribution in [0.25, 0.3) is 0 Å². The maximum atomic E-state index is 12.4. The maximum Gasteiger partial charge on any atom is 0.257 e. The van der Waals surface area contributed by atoms with Crippen LogP contribution in [0.2, 0.25) is 0 Å². The standard InChI is InChI=1S/C19H27N5O2/c1-19(2)7-3-8-23(19)12-16-13-24(21-20-16)17-4-9-22(10-5-17)18(25)15-6-11-26-14-15/h6,11,13-14,17H,3-5,7-10,12H2,1-2H3. The summed E-state index contributed by atoms with van der Waals surface area (Å²) in [6.45, 7) is 8.08. The van der Waals surface area contributed by atoms with Crippen molar-refractivity contribution in [3.63, 3.8) is 0 Å². The molecule has 4 heterocycles. The Hall–Kier alpha value is -2.15. The fraction of sp³-hybridized carbons (Fsp3) is 0.632. The summed E-state index contributed by atoms with van der Waals surface area (Å²) in [5.41, 5.74) is 1.92. The van der Waals surface area contributed by atoms with E-state index in [-0.39, 0.29) is 11.4 Å². The van der Waals surface area contributed by atoms with Gasteiger partial charge in [-0.3, -0.25) is 9.69 Å². The van der Waals surface area contributed by atoms with Gasteiger partial charge in [0.1, 0.15) is 6.26 Å². The molecule has 26 heavy (non-hydrogen) atoms. The van der Waals surface area contributed by atoms with Gasteiger partial charge in [-0.05, 0) is 52.1 Å². The highest BCUT2D eigenvalue weighted by Gasteiger charge is 2.32. The minimum atomic E-state index is 0.0488. The SMILES string of the molecule is CC1(C)CCCN1Cc1cn(C2CCN(C(=O)c3ccoc3)CC2)nn1. The molecule has 0 saturated carbocycles. The van der Waals surface area contributed by atoms with Crippen molar-refractivity contribution in [2.24, 2.45) is 0 Å². The Labute approximate surface area is 153 Å². The Bertz CT molecular complexity index is 744. The average molecular weight is 357 g/mol. The summed E-state index contributed by atoms with van der Waals surface area (Å²) < 4.78 is 7.01. The summed E-state index contributed by atoms with van der Waals surface area (Å²) in [4.78, 5) is 16.8. The summed E-state index contributed by atoms with van der Waals surface area (Å²) in [7, 11) is 0. The molecule has 2 aliphatic rings. The number of furan rings is 1. The molecule has 2 saturated heterocycles. The molecular weight excluding hydrogens is 330 g/mol. The van der Waals surface area contributed by atoms with Crippen LogP contribution in [0, 0.1) is 0 Å². The number of aromatic nitrogens is 3. The van der Waals surface area contributed by atoms with E-state index in [1.54, 1.807) is 12.3 Å². The average Bonchev–Trinajstić information content (AvgIpc) is 3.37. The van der Waals surface area contributed by atoms with Crippen molar-refractivity contribution in [2.45, 2.75) is 57.7 Å². The number of rotatable bonds is 4. The van der Waals surface area contributed by atoms with Crippen molar-refractivity contribution in [3.05, 3.63) is 36.0 Å². The first kappa shape index (κ1) is 17.3. The molecule has 0 aromatic carbocycles. The first-order valence-corrected chi connectivity index (χ1v) is 9.50. The van der Waals surface area contributed by atoms with Crippen molar-refractivity contribution in [1.82, 2.24) is 24.8 Å². The fourth-order valence-electron chi connectivity index (χ4n) is 4.12. The molecule has 1 amide bonds. The van der Waals surface area contributed by atoms with Crippen LogP contribution in [0.1, 0.15) is 61.6 Å². The van der Waals surface area contributed by atoms with Gasteiger partial charge in [-0.2, -0.15) is 0 Å². The summed E-state index contributed by atoms with van der Waals surface area (Å²) in [6.07, 6.45) is 9.45. The van der Waals surface area contributed by atoms with Gasteiger partial charge in [-0.25, -0.2) is 4.68 Å². The van der Waals surface area contributed by atoms with E-state index in [0.717, 1.165) is 44.7 Å². The monoisotopic (exact) mass is 357 g/mol. The topological polar surface area (TPSA) is 67.4 Å². The Morgan fingerprint density at radius 3 is 2.77 bits per heavy atom. The molecule has 4 rings (SSSR count). The number of amides is 1. The van der Waals surface area contributed by atoms with Crippen LogP contribution in [0.15, 0.2) is 29.2 Å². The van der Waals surface area contributed by atoms with E-state index in [1.807, 2.05) is 9.58 Å². The highest BCUT2D eigenvalue weighted by Crippen LogP contribution is 2.30. The lowest BCUT2D eigenvalue weighted by atomic mass is 10.0. The van der Waals surface area contributed by atoms with Crippen LogP contribution in [0.3, 0.4) is 0 Å². The molecule has 0 spiro atoms. The smallest absolute Gasteiger partial charge is 0.257 e. The van der Waals surface area contributed by atoms with Gasteiger partial charge in [0.2, 0.25) is 0 Å².